The monoisotopic (exact) mass is 453 g/mol. The molecule has 4 amide bonds. The average molecular weight is 453 g/mol. The number of carbonyl (C=O) groups excluding carboxylic acids is 4. The van der Waals surface area contributed by atoms with Crippen molar-refractivity contribution in [1.82, 2.24) is 10.2 Å². The maximum Gasteiger partial charge on any atom is 0.325 e. The molecule has 2 N–H and O–H groups in total. The molecule has 5 rings (SSSR count). The van der Waals surface area contributed by atoms with Crippen LogP contribution in [-0.2, 0) is 15.1 Å². The van der Waals surface area contributed by atoms with Crippen LogP contribution in [0, 0.1) is 0 Å². The van der Waals surface area contributed by atoms with E-state index < -0.39 is 29.9 Å². The molecule has 3 aliphatic heterocycles. The molecular formula is C22H19N3O8. The summed E-state index contributed by atoms with van der Waals surface area (Å²) in [5.74, 6) is 0.224. The third kappa shape index (κ3) is 3.37. The standard InChI is InChI=1S/C22H19N3O8/c1-11(26)13-6-17-18(33-10-32-17)7-14(13)23-19(27)8-25-20(28)22(2,24-21(25)29)12-3-4-15-16(5-12)31-9-30-15/h3-7H,8-10H2,1-2H3,(H,23,27)(H,24,29)/t22-/m0/s1. The normalized spacial score (nSPS) is 20.1. The van der Waals surface area contributed by atoms with Crippen LogP contribution in [0.5, 0.6) is 23.0 Å². The van der Waals surface area contributed by atoms with Crippen LogP contribution in [0.1, 0.15) is 29.8 Å². The number of benzene rings is 2. The average Bonchev–Trinajstić information content (AvgIpc) is 3.48. The molecule has 1 atom stereocenters. The zero-order valence-electron chi connectivity index (χ0n) is 17.7. The van der Waals surface area contributed by atoms with Crippen molar-refractivity contribution in [1.29, 1.82) is 0 Å². The lowest BCUT2D eigenvalue weighted by Crippen LogP contribution is -2.42. The van der Waals surface area contributed by atoms with E-state index >= 15 is 0 Å². The highest BCUT2D eigenvalue weighted by Crippen LogP contribution is 2.39. The van der Waals surface area contributed by atoms with Gasteiger partial charge in [0.25, 0.3) is 5.91 Å². The van der Waals surface area contributed by atoms with Crippen LogP contribution in [-0.4, -0.2) is 48.7 Å². The Bertz CT molecular complexity index is 1230. The fourth-order valence-corrected chi connectivity index (χ4v) is 3.91. The predicted molar refractivity (Wildman–Crippen MR) is 111 cm³/mol. The molecule has 0 aliphatic carbocycles. The number of urea groups is 1. The summed E-state index contributed by atoms with van der Waals surface area (Å²) >= 11 is 0. The molecule has 11 heteroatoms. The van der Waals surface area contributed by atoms with Gasteiger partial charge in [-0.1, -0.05) is 6.07 Å². The van der Waals surface area contributed by atoms with Gasteiger partial charge < -0.3 is 29.6 Å². The maximum atomic E-state index is 13.2. The largest absolute Gasteiger partial charge is 0.454 e. The van der Waals surface area contributed by atoms with Crippen molar-refractivity contribution >= 4 is 29.3 Å². The molecule has 2 aromatic rings. The molecule has 0 unspecified atom stereocenters. The summed E-state index contributed by atoms with van der Waals surface area (Å²) in [6, 6.07) is 7.16. The van der Waals surface area contributed by atoms with Gasteiger partial charge in [-0.3, -0.25) is 19.3 Å². The number of Topliss-reactive ketones (excluding diaryl/α,β-unsaturated/α-hetero) is 1. The van der Waals surface area contributed by atoms with E-state index in [0.717, 1.165) is 4.90 Å². The highest BCUT2D eigenvalue weighted by atomic mass is 16.7. The number of imide groups is 1. The summed E-state index contributed by atoms with van der Waals surface area (Å²) < 4.78 is 21.2. The fourth-order valence-electron chi connectivity index (χ4n) is 3.91. The SMILES string of the molecule is CC(=O)c1cc2c(cc1NC(=O)CN1C(=O)N[C@@](C)(c3ccc4c(c3)OCO4)C1=O)OCO2. The molecule has 0 saturated carbocycles. The Kier molecular flexibility index (Phi) is 4.62. The molecule has 0 bridgehead atoms. The van der Waals surface area contributed by atoms with Gasteiger partial charge in [0.15, 0.2) is 28.8 Å². The van der Waals surface area contributed by atoms with Crippen molar-refractivity contribution in [3.05, 3.63) is 41.5 Å². The number of fused-ring (bicyclic) bond motifs is 2. The van der Waals surface area contributed by atoms with Crippen molar-refractivity contribution in [2.75, 3.05) is 25.4 Å². The second-order valence-corrected chi connectivity index (χ2v) is 7.87. The number of hydrogen-bond donors (Lipinski definition) is 2. The second kappa shape index (κ2) is 7.40. The number of amides is 4. The van der Waals surface area contributed by atoms with Gasteiger partial charge in [-0.05, 0) is 37.6 Å². The Labute approximate surface area is 187 Å². The van der Waals surface area contributed by atoms with Gasteiger partial charge in [-0.15, -0.1) is 0 Å². The molecule has 3 heterocycles. The van der Waals surface area contributed by atoms with E-state index in [-0.39, 0.29) is 30.6 Å². The Morgan fingerprint density at radius 1 is 1.00 bits per heavy atom. The van der Waals surface area contributed by atoms with E-state index in [0.29, 0.717) is 28.6 Å². The number of rotatable bonds is 5. The molecule has 0 spiro atoms. The van der Waals surface area contributed by atoms with Gasteiger partial charge in [0.05, 0.1) is 5.69 Å². The van der Waals surface area contributed by atoms with Gasteiger partial charge in [-0.25, -0.2) is 4.79 Å². The molecular weight excluding hydrogens is 434 g/mol. The van der Waals surface area contributed by atoms with Crippen molar-refractivity contribution in [2.45, 2.75) is 19.4 Å². The van der Waals surface area contributed by atoms with Gasteiger partial charge >= 0.3 is 6.03 Å². The van der Waals surface area contributed by atoms with E-state index in [2.05, 4.69) is 10.6 Å². The zero-order valence-corrected chi connectivity index (χ0v) is 17.7. The Morgan fingerprint density at radius 2 is 1.64 bits per heavy atom. The van der Waals surface area contributed by atoms with Crippen LogP contribution in [0.3, 0.4) is 0 Å². The molecule has 1 saturated heterocycles. The Hall–Kier alpha value is -4.28. The highest BCUT2D eigenvalue weighted by Gasteiger charge is 2.50. The lowest BCUT2D eigenvalue weighted by molar-refractivity contribution is -0.133. The van der Waals surface area contributed by atoms with Crippen LogP contribution in [0.25, 0.3) is 0 Å². The minimum atomic E-state index is -1.39. The van der Waals surface area contributed by atoms with Crippen LogP contribution in [0.2, 0.25) is 0 Å². The number of nitrogens with one attached hydrogen (secondary N) is 2. The lowest BCUT2D eigenvalue weighted by Gasteiger charge is -2.22. The topological polar surface area (TPSA) is 133 Å². The molecule has 33 heavy (non-hydrogen) atoms. The number of carbonyl (C=O) groups is 4. The fraction of sp³-hybridized carbons (Fsp3) is 0.273. The summed E-state index contributed by atoms with van der Waals surface area (Å²) in [6.07, 6.45) is 0. The second-order valence-electron chi connectivity index (χ2n) is 7.87. The van der Waals surface area contributed by atoms with Gasteiger partial charge in [0.1, 0.15) is 12.1 Å². The first-order valence-corrected chi connectivity index (χ1v) is 10.0. The number of hydrogen-bond acceptors (Lipinski definition) is 8. The minimum Gasteiger partial charge on any atom is -0.454 e. The van der Waals surface area contributed by atoms with Gasteiger partial charge in [0, 0.05) is 11.6 Å². The van der Waals surface area contributed by atoms with E-state index in [1.807, 2.05) is 0 Å². The number of ether oxygens (including phenoxy) is 4. The first-order valence-electron chi connectivity index (χ1n) is 10.0. The Balaban J connectivity index is 1.35. The zero-order chi connectivity index (χ0) is 23.3. The number of nitrogens with zero attached hydrogens (tertiary/aromatic N) is 1. The smallest absolute Gasteiger partial charge is 0.325 e. The highest BCUT2D eigenvalue weighted by molar-refractivity contribution is 6.11. The van der Waals surface area contributed by atoms with Crippen molar-refractivity contribution in [3.8, 4) is 23.0 Å². The van der Waals surface area contributed by atoms with Crippen LogP contribution in [0.15, 0.2) is 30.3 Å². The third-order valence-corrected chi connectivity index (χ3v) is 5.69. The predicted octanol–water partition coefficient (Wildman–Crippen LogP) is 1.75. The Morgan fingerprint density at radius 3 is 2.33 bits per heavy atom. The molecule has 3 aliphatic rings. The molecule has 1 fully saturated rings. The first-order chi connectivity index (χ1) is 15.8. The first kappa shape index (κ1) is 20.6. The van der Waals surface area contributed by atoms with E-state index in [4.69, 9.17) is 18.9 Å². The van der Waals surface area contributed by atoms with Gasteiger partial charge in [0.2, 0.25) is 19.5 Å². The van der Waals surface area contributed by atoms with Crippen LogP contribution in [0.4, 0.5) is 10.5 Å². The summed E-state index contributed by atoms with van der Waals surface area (Å²) in [7, 11) is 0. The quantitative estimate of drug-likeness (QED) is 0.517. The molecule has 2 aromatic carbocycles. The summed E-state index contributed by atoms with van der Waals surface area (Å²) in [5, 5.41) is 5.23. The van der Waals surface area contributed by atoms with Crippen LogP contribution >= 0.6 is 0 Å². The van der Waals surface area contributed by atoms with E-state index in [1.54, 1.807) is 25.1 Å². The summed E-state index contributed by atoms with van der Waals surface area (Å²) in [6.45, 7) is 2.43. The summed E-state index contributed by atoms with van der Waals surface area (Å²) in [4.78, 5) is 51.3. The van der Waals surface area contributed by atoms with Crippen LogP contribution < -0.4 is 29.6 Å². The van der Waals surface area contributed by atoms with E-state index in [9.17, 15) is 19.2 Å². The summed E-state index contributed by atoms with van der Waals surface area (Å²) in [5.41, 5.74) is -0.485. The van der Waals surface area contributed by atoms with E-state index in [1.165, 1.54) is 19.1 Å². The molecule has 0 radical (unpaired) electrons. The third-order valence-electron chi connectivity index (χ3n) is 5.69. The maximum absolute atomic E-state index is 13.2. The number of ketones is 1. The number of anilines is 1. The van der Waals surface area contributed by atoms with Crippen molar-refractivity contribution < 1.29 is 38.1 Å². The molecule has 0 aromatic heterocycles. The molecule has 170 valence electrons. The van der Waals surface area contributed by atoms with Crippen molar-refractivity contribution in [3.63, 3.8) is 0 Å². The lowest BCUT2D eigenvalue weighted by atomic mass is 9.91. The minimum absolute atomic E-state index is 0.00493. The molecule has 11 nitrogen and oxygen atoms in total. The van der Waals surface area contributed by atoms with Gasteiger partial charge in [-0.2, -0.15) is 0 Å². The van der Waals surface area contributed by atoms with Crippen molar-refractivity contribution in [2.24, 2.45) is 0 Å².